The Hall–Kier alpha value is -2.11. The highest BCUT2D eigenvalue weighted by molar-refractivity contribution is 8.13. The number of aliphatic imine (C=N–C) groups is 1. The van der Waals surface area contributed by atoms with Crippen LogP contribution >= 0.6 is 23.1 Å². The lowest BCUT2D eigenvalue weighted by atomic mass is 9.82. The molecule has 11 heteroatoms. The van der Waals surface area contributed by atoms with Crippen molar-refractivity contribution in [3.05, 3.63) is 40.0 Å². The first kappa shape index (κ1) is 18.3. The summed E-state index contributed by atoms with van der Waals surface area (Å²) in [6.07, 6.45) is 1.63. The lowest BCUT2D eigenvalue weighted by molar-refractivity contribution is 0.00448. The van der Waals surface area contributed by atoms with Crippen LogP contribution in [0.3, 0.4) is 0 Å². The number of aromatic nitrogens is 2. The molecule has 2 aliphatic heterocycles. The average Bonchev–Trinajstić information content (AvgIpc) is 3.10. The van der Waals surface area contributed by atoms with E-state index in [1.54, 1.807) is 5.38 Å². The van der Waals surface area contributed by atoms with Crippen LogP contribution in [0.5, 0.6) is 0 Å². The zero-order valence-corrected chi connectivity index (χ0v) is 15.6. The second kappa shape index (κ2) is 7.13. The van der Waals surface area contributed by atoms with Crippen molar-refractivity contribution < 1.29 is 18.3 Å². The van der Waals surface area contributed by atoms with Crippen LogP contribution in [0.1, 0.15) is 21.9 Å². The number of carbonyl (C=O) groups excluding carboxylic acids is 1. The third-order valence-electron chi connectivity index (χ3n) is 4.49. The number of ether oxygens (including phenoxy) is 1. The average molecular weight is 411 g/mol. The van der Waals surface area contributed by atoms with Crippen LogP contribution < -0.4 is 11.1 Å². The van der Waals surface area contributed by atoms with Gasteiger partial charge in [-0.1, -0.05) is 11.8 Å². The van der Waals surface area contributed by atoms with Crippen LogP contribution in [0, 0.1) is 17.6 Å². The molecule has 3 N–H and O–H groups in total. The molecule has 2 atom stereocenters. The first-order valence-corrected chi connectivity index (χ1v) is 9.99. The molecule has 0 bridgehead atoms. The fourth-order valence-corrected chi connectivity index (χ4v) is 5.14. The molecule has 0 aliphatic carbocycles. The van der Waals surface area contributed by atoms with Crippen LogP contribution in [-0.2, 0) is 10.3 Å². The number of pyridine rings is 1. The maximum atomic E-state index is 13.7. The van der Waals surface area contributed by atoms with Gasteiger partial charge in [0.1, 0.15) is 22.2 Å². The van der Waals surface area contributed by atoms with Crippen molar-refractivity contribution in [1.82, 2.24) is 9.97 Å². The number of thioether (sulfide) groups is 1. The summed E-state index contributed by atoms with van der Waals surface area (Å²) in [6, 6.07) is 0.606. The second-order valence-electron chi connectivity index (χ2n) is 6.20. The van der Waals surface area contributed by atoms with Gasteiger partial charge in [-0.25, -0.2) is 23.7 Å². The number of hydrogen-bond donors (Lipinski definition) is 2. The van der Waals surface area contributed by atoms with Gasteiger partial charge in [0.05, 0.1) is 12.8 Å². The van der Waals surface area contributed by atoms with E-state index < -0.39 is 28.8 Å². The van der Waals surface area contributed by atoms with Crippen molar-refractivity contribution in [3.63, 3.8) is 0 Å². The molecule has 1 fully saturated rings. The highest BCUT2D eigenvalue weighted by Gasteiger charge is 2.47. The molecule has 0 radical (unpaired) electrons. The molecule has 142 valence electrons. The fraction of sp³-hybridized carbons (Fsp3) is 0.375. The Labute approximate surface area is 161 Å². The maximum Gasteiger partial charge on any atom is 0.278 e. The summed E-state index contributed by atoms with van der Waals surface area (Å²) in [5, 5.41) is 5.29. The normalized spacial score (nSPS) is 24.8. The van der Waals surface area contributed by atoms with E-state index in [-0.39, 0.29) is 11.7 Å². The quantitative estimate of drug-likeness (QED) is 0.804. The zero-order chi connectivity index (χ0) is 19.0. The largest absolute Gasteiger partial charge is 0.379 e. The molecule has 2 aromatic rings. The van der Waals surface area contributed by atoms with E-state index in [2.05, 4.69) is 20.3 Å². The van der Waals surface area contributed by atoms with Gasteiger partial charge in [-0.2, -0.15) is 0 Å². The number of fused-ring (bicyclic) bond motifs is 1. The van der Waals surface area contributed by atoms with Crippen LogP contribution in [0.4, 0.5) is 14.6 Å². The van der Waals surface area contributed by atoms with Gasteiger partial charge in [0.2, 0.25) is 0 Å². The third kappa shape index (κ3) is 3.42. The monoisotopic (exact) mass is 411 g/mol. The predicted octanol–water partition coefficient (Wildman–Crippen LogP) is 2.36. The first-order valence-electron chi connectivity index (χ1n) is 8.12. The molecule has 1 saturated heterocycles. The molecule has 1 amide bonds. The highest BCUT2D eigenvalue weighted by atomic mass is 32.2. The van der Waals surface area contributed by atoms with Gasteiger partial charge in [0.15, 0.2) is 16.7 Å². The molecule has 0 spiro atoms. The lowest BCUT2D eigenvalue weighted by Gasteiger charge is -2.41. The standard InChI is InChI=1S/C16H15F2N5O2S2/c17-9-3-10(18)12(20-4-9)13(24)21-11-6-26-14(22-11)16-7-25-2-1-8(16)5-27-15(19)23-16/h3-4,6,8H,1-2,5,7H2,(H2,19,23)(H,21,24). The van der Waals surface area contributed by atoms with Gasteiger partial charge in [-0.05, 0) is 6.42 Å². The molecule has 2 aliphatic rings. The number of halogens is 2. The molecule has 0 aromatic carbocycles. The number of carbonyl (C=O) groups is 1. The SMILES string of the molecule is NC1=NC2(c3nc(NC(=O)c4ncc(F)cc4F)cs3)COCCC2CS1. The van der Waals surface area contributed by atoms with Crippen molar-refractivity contribution in [2.75, 3.05) is 24.3 Å². The molecular weight excluding hydrogens is 396 g/mol. The van der Waals surface area contributed by atoms with Crippen molar-refractivity contribution in [2.45, 2.75) is 12.0 Å². The van der Waals surface area contributed by atoms with Crippen molar-refractivity contribution in [3.8, 4) is 0 Å². The Morgan fingerprint density at radius 1 is 1.44 bits per heavy atom. The van der Waals surface area contributed by atoms with E-state index in [0.29, 0.717) is 29.5 Å². The number of hydrogen-bond acceptors (Lipinski definition) is 8. The number of nitrogens with two attached hydrogens (primary N) is 1. The fourth-order valence-electron chi connectivity index (χ4n) is 3.14. The van der Waals surface area contributed by atoms with E-state index in [1.807, 2.05) is 0 Å². The summed E-state index contributed by atoms with van der Waals surface area (Å²) in [6.45, 7) is 1.03. The lowest BCUT2D eigenvalue weighted by Crippen LogP contribution is -2.47. The van der Waals surface area contributed by atoms with Gasteiger partial charge in [0.25, 0.3) is 5.91 Å². The van der Waals surface area contributed by atoms with E-state index in [4.69, 9.17) is 10.5 Å². The van der Waals surface area contributed by atoms with Crippen LogP contribution in [0.15, 0.2) is 22.6 Å². The number of amidine groups is 1. The second-order valence-corrected chi connectivity index (χ2v) is 8.10. The minimum Gasteiger partial charge on any atom is -0.379 e. The summed E-state index contributed by atoms with van der Waals surface area (Å²) >= 11 is 2.84. The molecule has 7 nitrogen and oxygen atoms in total. The molecule has 4 rings (SSSR count). The molecule has 4 heterocycles. The molecule has 0 saturated carbocycles. The van der Waals surface area contributed by atoms with Gasteiger partial charge < -0.3 is 15.8 Å². The molecule has 27 heavy (non-hydrogen) atoms. The van der Waals surface area contributed by atoms with Crippen molar-refractivity contribution in [2.24, 2.45) is 16.6 Å². The smallest absolute Gasteiger partial charge is 0.278 e. The number of amides is 1. The first-order chi connectivity index (χ1) is 13.0. The molecule has 2 aromatic heterocycles. The Balaban J connectivity index is 1.59. The number of anilines is 1. The van der Waals surface area contributed by atoms with Crippen LogP contribution in [0.25, 0.3) is 0 Å². The summed E-state index contributed by atoms with van der Waals surface area (Å²) in [5.74, 6) is -1.40. The Morgan fingerprint density at radius 2 is 2.30 bits per heavy atom. The van der Waals surface area contributed by atoms with E-state index in [1.165, 1.54) is 23.1 Å². The third-order valence-corrected chi connectivity index (χ3v) is 6.45. The Kier molecular flexibility index (Phi) is 4.82. The summed E-state index contributed by atoms with van der Waals surface area (Å²) in [5.41, 5.74) is 4.77. The summed E-state index contributed by atoms with van der Waals surface area (Å²) in [4.78, 5) is 24.8. The molecule has 2 unspecified atom stereocenters. The van der Waals surface area contributed by atoms with E-state index in [9.17, 15) is 13.6 Å². The zero-order valence-electron chi connectivity index (χ0n) is 13.9. The Bertz CT molecular complexity index is 922. The number of nitrogens with one attached hydrogen (secondary N) is 1. The van der Waals surface area contributed by atoms with E-state index in [0.717, 1.165) is 18.4 Å². The summed E-state index contributed by atoms with van der Waals surface area (Å²) in [7, 11) is 0. The minimum absolute atomic E-state index is 0.231. The minimum atomic E-state index is -1.04. The highest BCUT2D eigenvalue weighted by Crippen LogP contribution is 2.45. The topological polar surface area (TPSA) is 102 Å². The van der Waals surface area contributed by atoms with Crippen LogP contribution in [-0.4, -0.2) is 40.0 Å². The van der Waals surface area contributed by atoms with Gasteiger partial charge in [-0.15, -0.1) is 11.3 Å². The Morgan fingerprint density at radius 3 is 3.11 bits per heavy atom. The van der Waals surface area contributed by atoms with Crippen LogP contribution in [0.2, 0.25) is 0 Å². The van der Waals surface area contributed by atoms with Gasteiger partial charge in [-0.3, -0.25) is 4.79 Å². The predicted molar refractivity (Wildman–Crippen MR) is 98.9 cm³/mol. The summed E-state index contributed by atoms with van der Waals surface area (Å²) < 4.78 is 32.3. The van der Waals surface area contributed by atoms with Gasteiger partial charge in [0, 0.05) is 29.7 Å². The van der Waals surface area contributed by atoms with Crippen molar-refractivity contribution in [1.29, 1.82) is 0 Å². The number of rotatable bonds is 3. The van der Waals surface area contributed by atoms with Crippen molar-refractivity contribution >= 4 is 40.0 Å². The number of nitrogens with zero attached hydrogens (tertiary/aromatic N) is 3. The molecular formula is C16H15F2N5O2S2. The number of thiazole rings is 1. The van der Waals surface area contributed by atoms with Gasteiger partial charge >= 0.3 is 0 Å². The van der Waals surface area contributed by atoms with E-state index >= 15 is 0 Å². The maximum absolute atomic E-state index is 13.7.